The molecular formula is C19H14ClFN4O3. The predicted octanol–water partition coefficient (Wildman–Crippen LogP) is 3.94. The van der Waals surface area contributed by atoms with Gasteiger partial charge in [-0.15, -0.1) is 0 Å². The fraction of sp³-hybridized carbons (Fsp3) is 0.0526. The lowest BCUT2D eigenvalue weighted by molar-refractivity contribution is 0.0989. The molecule has 142 valence electrons. The van der Waals surface area contributed by atoms with Gasteiger partial charge in [-0.05, 0) is 42.5 Å². The van der Waals surface area contributed by atoms with Gasteiger partial charge < -0.3 is 15.6 Å². The van der Waals surface area contributed by atoms with Crippen LogP contribution in [0.1, 0.15) is 10.5 Å². The van der Waals surface area contributed by atoms with Gasteiger partial charge in [0.15, 0.2) is 5.69 Å². The lowest BCUT2D eigenvalue weighted by Crippen LogP contribution is -2.23. The van der Waals surface area contributed by atoms with Gasteiger partial charge in [0.05, 0.1) is 10.7 Å². The molecule has 0 aliphatic carbocycles. The Hall–Kier alpha value is -3.52. The number of phenolic OH excluding ortho intramolecular Hbond substituents is 1. The Balaban J connectivity index is 1.78. The molecule has 0 spiro atoms. The van der Waals surface area contributed by atoms with Gasteiger partial charge >= 0.3 is 0 Å². The van der Waals surface area contributed by atoms with Gasteiger partial charge in [0.25, 0.3) is 11.8 Å². The number of rotatable bonds is 4. The SMILES string of the molecule is NC(=O)c1c(Oc2ccc(F)cc2)nc2n1CC=CN2c1ccc(Cl)c(O)c1. The van der Waals surface area contributed by atoms with Gasteiger partial charge in [-0.25, -0.2) is 4.39 Å². The molecule has 3 N–H and O–H groups in total. The molecule has 7 nitrogen and oxygen atoms in total. The highest BCUT2D eigenvalue weighted by atomic mass is 35.5. The number of hydrogen-bond acceptors (Lipinski definition) is 5. The Labute approximate surface area is 164 Å². The fourth-order valence-electron chi connectivity index (χ4n) is 2.88. The largest absolute Gasteiger partial charge is 0.506 e. The van der Waals surface area contributed by atoms with Gasteiger partial charge in [0, 0.05) is 18.8 Å². The first kappa shape index (κ1) is 17.9. The van der Waals surface area contributed by atoms with Crippen LogP contribution in [0.25, 0.3) is 0 Å². The zero-order chi connectivity index (χ0) is 19.8. The van der Waals surface area contributed by atoms with E-state index in [1.165, 1.54) is 30.3 Å². The summed E-state index contributed by atoms with van der Waals surface area (Å²) in [6.07, 6.45) is 3.55. The monoisotopic (exact) mass is 400 g/mol. The van der Waals surface area contributed by atoms with Gasteiger partial charge in [-0.3, -0.25) is 14.3 Å². The summed E-state index contributed by atoms with van der Waals surface area (Å²) in [6, 6.07) is 10.0. The minimum Gasteiger partial charge on any atom is -0.506 e. The van der Waals surface area contributed by atoms with Crippen LogP contribution < -0.4 is 15.4 Å². The standard InChI is InChI=1S/C19H14ClFN4O3/c20-14-7-4-12(10-15(14)26)24-8-1-9-25-16(17(22)27)18(23-19(24)25)28-13-5-2-11(21)3-6-13/h1-8,10,26H,9H2,(H2,22,27). The summed E-state index contributed by atoms with van der Waals surface area (Å²) in [5.74, 6) is -0.539. The van der Waals surface area contributed by atoms with Crippen molar-refractivity contribution >= 4 is 29.1 Å². The maximum Gasteiger partial charge on any atom is 0.271 e. The second-order valence-electron chi connectivity index (χ2n) is 5.99. The highest BCUT2D eigenvalue weighted by Gasteiger charge is 2.28. The van der Waals surface area contributed by atoms with E-state index in [0.717, 1.165) is 0 Å². The Bertz CT molecular complexity index is 1100. The summed E-state index contributed by atoms with van der Waals surface area (Å²) < 4.78 is 20.4. The topological polar surface area (TPSA) is 93.6 Å². The molecule has 4 rings (SSSR count). The minimum atomic E-state index is -0.718. The van der Waals surface area contributed by atoms with Crippen LogP contribution in [0.15, 0.2) is 54.7 Å². The lowest BCUT2D eigenvalue weighted by atomic mass is 10.2. The smallest absolute Gasteiger partial charge is 0.271 e. The van der Waals surface area contributed by atoms with Crippen molar-refractivity contribution in [2.75, 3.05) is 4.90 Å². The Morgan fingerprint density at radius 2 is 2.00 bits per heavy atom. The summed E-state index contributed by atoms with van der Waals surface area (Å²) >= 11 is 5.88. The van der Waals surface area contributed by atoms with E-state index in [0.29, 0.717) is 23.9 Å². The van der Waals surface area contributed by atoms with Crippen LogP contribution in [-0.2, 0) is 6.54 Å². The van der Waals surface area contributed by atoms with E-state index >= 15 is 0 Å². The quantitative estimate of drug-likeness (QED) is 0.691. The maximum absolute atomic E-state index is 13.1. The number of imidazole rings is 1. The fourth-order valence-corrected chi connectivity index (χ4v) is 2.99. The third-order valence-corrected chi connectivity index (χ3v) is 4.46. The Kier molecular flexibility index (Phi) is 4.40. The minimum absolute atomic E-state index is 0.000920. The van der Waals surface area contributed by atoms with Crippen LogP contribution >= 0.6 is 11.6 Å². The summed E-state index contributed by atoms with van der Waals surface area (Å²) in [4.78, 5) is 18.1. The summed E-state index contributed by atoms with van der Waals surface area (Å²) in [7, 11) is 0. The number of carbonyl (C=O) groups is 1. The molecule has 0 saturated carbocycles. The van der Waals surface area contributed by atoms with Crippen LogP contribution in [0.4, 0.5) is 16.0 Å². The first-order valence-electron chi connectivity index (χ1n) is 8.22. The lowest BCUT2D eigenvalue weighted by Gasteiger charge is -2.24. The van der Waals surface area contributed by atoms with Crippen molar-refractivity contribution < 1.29 is 19.0 Å². The van der Waals surface area contributed by atoms with Crippen molar-refractivity contribution in [2.24, 2.45) is 5.73 Å². The van der Waals surface area contributed by atoms with E-state index in [4.69, 9.17) is 22.1 Å². The number of anilines is 2. The number of halogens is 2. The van der Waals surface area contributed by atoms with E-state index in [-0.39, 0.29) is 22.3 Å². The van der Waals surface area contributed by atoms with Crippen LogP contribution in [0, 0.1) is 5.82 Å². The van der Waals surface area contributed by atoms with Crippen molar-refractivity contribution in [3.8, 4) is 17.4 Å². The van der Waals surface area contributed by atoms with Gasteiger partial charge in [0.1, 0.15) is 17.3 Å². The Morgan fingerprint density at radius 1 is 1.25 bits per heavy atom. The number of benzene rings is 2. The number of aromatic hydroxyl groups is 1. The van der Waals surface area contributed by atoms with Crippen LogP contribution in [-0.4, -0.2) is 20.6 Å². The predicted molar refractivity (Wildman–Crippen MR) is 102 cm³/mol. The molecule has 28 heavy (non-hydrogen) atoms. The molecule has 1 amide bonds. The highest BCUT2D eigenvalue weighted by molar-refractivity contribution is 6.32. The molecule has 0 unspecified atom stereocenters. The third-order valence-electron chi connectivity index (χ3n) is 4.14. The number of hydrogen-bond donors (Lipinski definition) is 2. The number of phenols is 1. The van der Waals surface area contributed by atoms with E-state index in [9.17, 15) is 14.3 Å². The number of primary amides is 1. The van der Waals surface area contributed by atoms with Crippen molar-refractivity contribution in [3.63, 3.8) is 0 Å². The molecule has 2 aromatic carbocycles. The summed E-state index contributed by atoms with van der Waals surface area (Å²) in [6.45, 7) is 0.351. The number of aromatic nitrogens is 2. The van der Waals surface area contributed by atoms with Gasteiger partial charge in [-0.2, -0.15) is 4.98 Å². The normalized spacial score (nSPS) is 12.7. The van der Waals surface area contributed by atoms with Crippen molar-refractivity contribution in [3.05, 3.63) is 71.3 Å². The van der Waals surface area contributed by atoms with Crippen molar-refractivity contribution in [1.29, 1.82) is 0 Å². The van der Waals surface area contributed by atoms with Crippen LogP contribution in [0.3, 0.4) is 0 Å². The number of amides is 1. The highest BCUT2D eigenvalue weighted by Crippen LogP contribution is 2.37. The van der Waals surface area contributed by atoms with Crippen molar-refractivity contribution in [1.82, 2.24) is 9.55 Å². The number of allylic oxidation sites excluding steroid dienone is 1. The second-order valence-corrected chi connectivity index (χ2v) is 6.39. The van der Waals surface area contributed by atoms with Crippen molar-refractivity contribution in [2.45, 2.75) is 6.54 Å². The zero-order valence-corrected chi connectivity index (χ0v) is 15.1. The number of ether oxygens (including phenoxy) is 1. The van der Waals surface area contributed by atoms with E-state index in [2.05, 4.69) is 4.98 Å². The molecule has 0 saturated heterocycles. The van der Waals surface area contributed by atoms with Gasteiger partial charge in [0.2, 0.25) is 5.95 Å². The molecule has 0 radical (unpaired) electrons. The molecule has 1 aliphatic rings. The maximum atomic E-state index is 13.1. The van der Waals surface area contributed by atoms with E-state index in [1.807, 2.05) is 0 Å². The average Bonchev–Trinajstić information content (AvgIpc) is 3.04. The molecule has 0 fully saturated rings. The van der Waals surface area contributed by atoms with E-state index in [1.54, 1.807) is 33.9 Å². The second kappa shape index (κ2) is 6.90. The molecule has 2 heterocycles. The first-order valence-corrected chi connectivity index (χ1v) is 8.60. The van der Waals surface area contributed by atoms with Crippen LogP contribution in [0.5, 0.6) is 17.4 Å². The van der Waals surface area contributed by atoms with E-state index < -0.39 is 11.7 Å². The number of carbonyl (C=O) groups excluding carboxylic acids is 1. The molecule has 0 bridgehead atoms. The third kappa shape index (κ3) is 3.14. The first-order chi connectivity index (χ1) is 13.4. The Morgan fingerprint density at radius 3 is 2.68 bits per heavy atom. The molecule has 0 atom stereocenters. The number of fused-ring (bicyclic) bond motifs is 1. The summed E-state index contributed by atoms with van der Waals surface area (Å²) in [5.41, 5.74) is 6.20. The molecule has 9 heteroatoms. The number of nitrogens with zero attached hydrogens (tertiary/aromatic N) is 3. The summed E-state index contributed by atoms with van der Waals surface area (Å²) in [5, 5.41) is 10.1. The zero-order valence-electron chi connectivity index (χ0n) is 14.3. The molecule has 1 aromatic heterocycles. The van der Waals surface area contributed by atoms with Crippen LogP contribution in [0.2, 0.25) is 5.02 Å². The average molecular weight is 401 g/mol. The molecule has 3 aromatic rings. The molecule has 1 aliphatic heterocycles. The molecular weight excluding hydrogens is 387 g/mol. The van der Waals surface area contributed by atoms with Gasteiger partial charge in [-0.1, -0.05) is 11.6 Å². The number of nitrogens with two attached hydrogens (primary N) is 1.